The fourth-order valence-corrected chi connectivity index (χ4v) is 3.05. The van der Waals surface area contributed by atoms with Crippen molar-refractivity contribution < 1.29 is 4.79 Å². The first kappa shape index (κ1) is 11.8. The quantitative estimate of drug-likeness (QED) is 0.750. The predicted octanol–water partition coefficient (Wildman–Crippen LogP) is 2.10. The van der Waals surface area contributed by atoms with E-state index in [9.17, 15) is 4.79 Å². The average molecular weight is 240 g/mol. The van der Waals surface area contributed by atoms with Crippen LogP contribution >= 0.6 is 11.8 Å². The lowest BCUT2D eigenvalue weighted by Gasteiger charge is -2.27. The summed E-state index contributed by atoms with van der Waals surface area (Å²) in [4.78, 5) is 13.8. The van der Waals surface area contributed by atoms with E-state index in [2.05, 4.69) is 17.5 Å². The van der Waals surface area contributed by atoms with Gasteiger partial charge in [-0.3, -0.25) is 0 Å². The number of thioether (sulfide) groups is 1. The van der Waals surface area contributed by atoms with Crippen molar-refractivity contribution >= 4 is 17.8 Å². The molecule has 90 valence electrons. The van der Waals surface area contributed by atoms with Gasteiger partial charge < -0.3 is 10.2 Å². The Morgan fingerprint density at radius 2 is 2.19 bits per heavy atom. The van der Waals surface area contributed by atoms with Gasteiger partial charge in [0.1, 0.15) is 0 Å². The van der Waals surface area contributed by atoms with Crippen molar-refractivity contribution in [2.75, 3.05) is 31.1 Å². The van der Waals surface area contributed by atoms with Gasteiger partial charge >= 0.3 is 6.03 Å². The molecule has 0 bridgehead atoms. The number of hydrogen-bond donors (Lipinski definition) is 1. The zero-order chi connectivity index (χ0) is 11.2. The van der Waals surface area contributed by atoms with Crippen molar-refractivity contribution in [2.24, 2.45) is 5.92 Å². The highest BCUT2D eigenvalue weighted by molar-refractivity contribution is 7.99. The van der Waals surface area contributed by atoms with E-state index in [0.717, 1.165) is 37.6 Å². The fourth-order valence-electron chi connectivity index (χ4n) is 2.15. The number of carbonyl (C=O) groups excluding carboxylic acids is 1. The van der Waals surface area contributed by atoms with Crippen LogP contribution in [0.15, 0.2) is 12.2 Å². The van der Waals surface area contributed by atoms with Gasteiger partial charge in [0.15, 0.2) is 0 Å². The molecule has 2 rings (SSSR count). The Morgan fingerprint density at radius 3 is 2.88 bits per heavy atom. The van der Waals surface area contributed by atoms with Crippen LogP contribution in [0.3, 0.4) is 0 Å². The molecular formula is C12H20N2OS. The Balaban J connectivity index is 1.68. The van der Waals surface area contributed by atoms with Crippen molar-refractivity contribution in [1.82, 2.24) is 10.2 Å². The summed E-state index contributed by atoms with van der Waals surface area (Å²) in [5.41, 5.74) is 0. The summed E-state index contributed by atoms with van der Waals surface area (Å²) in [5, 5.41) is 3.07. The molecule has 2 amide bonds. The molecule has 16 heavy (non-hydrogen) atoms. The number of hydrogen-bond acceptors (Lipinski definition) is 2. The largest absolute Gasteiger partial charge is 0.338 e. The number of amides is 2. The molecule has 0 aromatic carbocycles. The minimum atomic E-state index is 0.134. The van der Waals surface area contributed by atoms with Crippen molar-refractivity contribution in [3.8, 4) is 0 Å². The highest BCUT2D eigenvalue weighted by atomic mass is 32.2. The molecule has 1 unspecified atom stereocenters. The summed E-state index contributed by atoms with van der Waals surface area (Å²) in [6.45, 7) is 2.65. The second-order valence-corrected chi connectivity index (χ2v) is 5.66. The van der Waals surface area contributed by atoms with Gasteiger partial charge in [-0.2, -0.15) is 11.8 Å². The molecule has 3 nitrogen and oxygen atoms in total. The topological polar surface area (TPSA) is 32.3 Å². The summed E-state index contributed by atoms with van der Waals surface area (Å²) in [7, 11) is 0. The molecule has 1 aliphatic heterocycles. The molecular weight excluding hydrogens is 220 g/mol. The smallest absolute Gasteiger partial charge is 0.317 e. The van der Waals surface area contributed by atoms with Crippen molar-refractivity contribution in [3.63, 3.8) is 0 Å². The highest BCUT2D eigenvalue weighted by Gasteiger charge is 2.17. The molecule has 1 fully saturated rings. The molecule has 1 N–H and O–H groups in total. The van der Waals surface area contributed by atoms with E-state index in [1.807, 2.05) is 16.7 Å². The standard InChI is InChI=1S/C12H20N2OS/c15-12(14-6-8-16-9-7-14)13-10-11-4-2-1-3-5-11/h1-2,11H,3-10H2,(H,13,15). The Morgan fingerprint density at radius 1 is 1.38 bits per heavy atom. The van der Waals surface area contributed by atoms with Crippen molar-refractivity contribution in [2.45, 2.75) is 19.3 Å². The second-order valence-electron chi connectivity index (χ2n) is 4.44. The Hall–Kier alpha value is -0.640. The van der Waals surface area contributed by atoms with Gasteiger partial charge in [-0.05, 0) is 25.2 Å². The van der Waals surface area contributed by atoms with Gasteiger partial charge in [-0.1, -0.05) is 12.2 Å². The van der Waals surface area contributed by atoms with E-state index in [1.165, 1.54) is 12.8 Å². The maximum Gasteiger partial charge on any atom is 0.317 e. The van der Waals surface area contributed by atoms with E-state index < -0.39 is 0 Å². The fraction of sp³-hybridized carbons (Fsp3) is 0.750. The van der Waals surface area contributed by atoms with E-state index in [4.69, 9.17) is 0 Å². The van der Waals surface area contributed by atoms with E-state index in [0.29, 0.717) is 5.92 Å². The van der Waals surface area contributed by atoms with Crippen LogP contribution in [0.1, 0.15) is 19.3 Å². The number of rotatable bonds is 2. The number of urea groups is 1. The summed E-state index contributed by atoms with van der Waals surface area (Å²) in [6.07, 6.45) is 7.97. The molecule has 0 saturated carbocycles. The SMILES string of the molecule is O=C(NCC1CC=CCC1)N1CCSCC1. The van der Waals surface area contributed by atoms with E-state index in [-0.39, 0.29) is 6.03 Å². The first-order chi connectivity index (χ1) is 7.86. The molecule has 2 aliphatic rings. The maximum absolute atomic E-state index is 11.8. The Bertz CT molecular complexity index is 262. The van der Waals surface area contributed by atoms with Crippen LogP contribution in [-0.2, 0) is 0 Å². The Kier molecular flexibility index (Phi) is 4.57. The van der Waals surface area contributed by atoms with Gasteiger partial charge in [0.2, 0.25) is 0 Å². The monoisotopic (exact) mass is 240 g/mol. The molecule has 1 aliphatic carbocycles. The average Bonchev–Trinajstić information content (AvgIpc) is 2.38. The van der Waals surface area contributed by atoms with E-state index in [1.54, 1.807) is 0 Å². The zero-order valence-electron chi connectivity index (χ0n) is 9.65. The minimum absolute atomic E-state index is 0.134. The third kappa shape index (κ3) is 3.44. The van der Waals surface area contributed by atoms with Gasteiger partial charge in [-0.15, -0.1) is 0 Å². The van der Waals surface area contributed by atoms with Crippen molar-refractivity contribution in [1.29, 1.82) is 0 Å². The number of nitrogens with zero attached hydrogens (tertiary/aromatic N) is 1. The highest BCUT2D eigenvalue weighted by Crippen LogP contribution is 2.17. The van der Waals surface area contributed by atoms with Crippen molar-refractivity contribution in [3.05, 3.63) is 12.2 Å². The minimum Gasteiger partial charge on any atom is -0.338 e. The zero-order valence-corrected chi connectivity index (χ0v) is 10.5. The molecule has 0 spiro atoms. The third-order valence-corrected chi connectivity index (χ3v) is 4.16. The number of carbonyl (C=O) groups is 1. The van der Waals surface area contributed by atoms with Gasteiger partial charge in [0, 0.05) is 31.1 Å². The molecule has 0 radical (unpaired) electrons. The van der Waals surface area contributed by atoms with Gasteiger partial charge in [0.25, 0.3) is 0 Å². The van der Waals surface area contributed by atoms with Crippen LogP contribution in [0, 0.1) is 5.92 Å². The number of allylic oxidation sites excluding steroid dienone is 2. The molecule has 1 atom stereocenters. The molecule has 0 aromatic heterocycles. The van der Waals surface area contributed by atoms with Crippen LogP contribution in [-0.4, -0.2) is 42.1 Å². The van der Waals surface area contributed by atoms with Crippen LogP contribution in [0.2, 0.25) is 0 Å². The molecule has 0 aromatic rings. The lowest BCUT2D eigenvalue weighted by molar-refractivity contribution is 0.200. The number of nitrogens with one attached hydrogen (secondary N) is 1. The molecule has 4 heteroatoms. The van der Waals surface area contributed by atoms with Gasteiger partial charge in [0.05, 0.1) is 0 Å². The van der Waals surface area contributed by atoms with Crippen LogP contribution in [0.5, 0.6) is 0 Å². The maximum atomic E-state index is 11.8. The first-order valence-corrected chi connectivity index (χ1v) is 7.27. The lowest BCUT2D eigenvalue weighted by Crippen LogP contribution is -2.45. The van der Waals surface area contributed by atoms with E-state index >= 15 is 0 Å². The van der Waals surface area contributed by atoms with Crippen LogP contribution < -0.4 is 5.32 Å². The summed E-state index contributed by atoms with van der Waals surface area (Å²) in [5.74, 6) is 2.81. The summed E-state index contributed by atoms with van der Waals surface area (Å²) in [6, 6.07) is 0.134. The van der Waals surface area contributed by atoms with Crippen LogP contribution in [0.4, 0.5) is 4.79 Å². The molecule has 1 heterocycles. The summed E-state index contributed by atoms with van der Waals surface area (Å²) >= 11 is 1.93. The van der Waals surface area contributed by atoms with Gasteiger partial charge in [-0.25, -0.2) is 4.79 Å². The molecule has 1 saturated heterocycles. The third-order valence-electron chi connectivity index (χ3n) is 3.22. The lowest BCUT2D eigenvalue weighted by atomic mass is 9.94. The normalized spacial score (nSPS) is 25.5. The van der Waals surface area contributed by atoms with Crippen LogP contribution in [0.25, 0.3) is 0 Å². The first-order valence-electron chi connectivity index (χ1n) is 6.12. The second kappa shape index (κ2) is 6.18. The summed E-state index contributed by atoms with van der Waals surface area (Å²) < 4.78 is 0. The Labute approximate surface area is 102 Å². The predicted molar refractivity (Wildman–Crippen MR) is 68.8 cm³/mol.